The first kappa shape index (κ1) is 46.0. The first-order valence-corrected chi connectivity index (χ1v) is 23.9. The average molecular weight is 920 g/mol. The van der Waals surface area contributed by atoms with Gasteiger partial charge in [0.05, 0.1) is 61.5 Å². The van der Waals surface area contributed by atoms with Crippen molar-refractivity contribution in [2.75, 3.05) is 27.3 Å². The average Bonchev–Trinajstić information content (AvgIpc) is 3.97. The van der Waals surface area contributed by atoms with Gasteiger partial charge in [-0.3, -0.25) is 9.59 Å². The van der Waals surface area contributed by atoms with Gasteiger partial charge >= 0.3 is 12.2 Å². The molecule has 2 saturated heterocycles. The minimum absolute atomic E-state index is 0.116. The number of benzene rings is 3. The Morgan fingerprint density at radius 1 is 0.574 bits per heavy atom. The Labute approximate surface area is 397 Å². The standard InChI is InChI=1S/C53H61N9O6/c1-31(2)46(58-52(65)67-5)50(63)60-27-7-9-44(60)48-54-29-40(56-48)35-13-17-37(18-14-35)42-25-26-43(62(42)39-23-21-34(22-24-39)33-11-12-33)38-19-15-36(16-20-38)41-30-55-49(57-41)45-10-8-28-61(45)51(64)47(32(3)4)59-53(66)68-6/h13-26,29-33,44-47H,7-12,27-28H2,1-6H3,(H,54,56)(H,55,57)(H,58,65)(H,59,66)/t44-,45-,46-,47-/m0/s1. The van der Waals surface area contributed by atoms with Crippen LogP contribution in [0, 0.1) is 11.8 Å². The molecular formula is C53H61N9O6. The van der Waals surface area contributed by atoms with E-state index in [1.807, 2.05) is 49.9 Å². The van der Waals surface area contributed by atoms with Crippen LogP contribution in [0.15, 0.2) is 97.3 Å². The Balaban J connectivity index is 0.951. The summed E-state index contributed by atoms with van der Waals surface area (Å²) in [5, 5.41) is 5.44. The van der Waals surface area contributed by atoms with Crippen LogP contribution in [-0.2, 0) is 19.1 Å². The number of hydrogen-bond donors (Lipinski definition) is 4. The van der Waals surface area contributed by atoms with Gasteiger partial charge in [-0.05, 0) is 108 Å². The maximum absolute atomic E-state index is 13.7. The van der Waals surface area contributed by atoms with Crippen LogP contribution >= 0.6 is 0 Å². The highest BCUT2D eigenvalue weighted by molar-refractivity contribution is 5.87. The van der Waals surface area contributed by atoms with Crippen molar-refractivity contribution in [3.8, 4) is 50.7 Å². The molecule has 0 radical (unpaired) electrons. The van der Waals surface area contributed by atoms with Crippen LogP contribution in [0.3, 0.4) is 0 Å². The fourth-order valence-corrected chi connectivity index (χ4v) is 9.81. The maximum atomic E-state index is 13.7. The Bertz CT molecular complexity index is 2590. The number of methoxy groups -OCH3 is 2. The van der Waals surface area contributed by atoms with Gasteiger partial charge in [-0.25, -0.2) is 19.6 Å². The molecule has 1 aliphatic carbocycles. The van der Waals surface area contributed by atoms with Gasteiger partial charge in [0.1, 0.15) is 23.7 Å². The van der Waals surface area contributed by atoms with Crippen LogP contribution < -0.4 is 10.6 Å². The van der Waals surface area contributed by atoms with Crippen LogP contribution in [0.4, 0.5) is 9.59 Å². The zero-order valence-corrected chi connectivity index (χ0v) is 39.6. The molecule has 3 fully saturated rings. The smallest absolute Gasteiger partial charge is 0.407 e. The molecule has 354 valence electrons. The van der Waals surface area contributed by atoms with E-state index in [0.29, 0.717) is 19.0 Å². The second-order valence-electron chi connectivity index (χ2n) is 18.9. The van der Waals surface area contributed by atoms with E-state index in [2.05, 4.69) is 110 Å². The number of carbonyl (C=O) groups excluding carboxylic acids is 4. The van der Waals surface area contributed by atoms with Gasteiger partial charge in [0.2, 0.25) is 11.8 Å². The summed E-state index contributed by atoms with van der Waals surface area (Å²) < 4.78 is 11.9. The number of nitrogens with one attached hydrogen (secondary N) is 4. The molecule has 1 saturated carbocycles. The molecule has 9 rings (SSSR count). The molecule has 4 amide bonds. The molecule has 3 aliphatic rings. The first-order chi connectivity index (χ1) is 32.9. The molecule has 15 heteroatoms. The number of ether oxygens (including phenoxy) is 2. The first-order valence-electron chi connectivity index (χ1n) is 23.9. The van der Waals surface area contributed by atoms with Gasteiger partial charge in [0.15, 0.2) is 0 Å². The number of H-pyrrole nitrogens is 2. The fraction of sp³-hybridized carbons (Fsp3) is 0.396. The van der Waals surface area contributed by atoms with E-state index in [1.54, 1.807) is 0 Å². The number of carbonyl (C=O) groups is 4. The van der Waals surface area contributed by atoms with Crippen LogP contribution in [0.5, 0.6) is 0 Å². The lowest BCUT2D eigenvalue weighted by molar-refractivity contribution is -0.136. The molecule has 3 aromatic heterocycles. The topological polar surface area (TPSA) is 180 Å². The Hall–Kier alpha value is -7.16. The summed E-state index contributed by atoms with van der Waals surface area (Å²) in [6.45, 7) is 8.81. The number of aromatic nitrogens is 5. The van der Waals surface area contributed by atoms with Crippen LogP contribution in [0.1, 0.15) is 101 Å². The molecule has 6 aromatic rings. The second kappa shape index (κ2) is 19.6. The quantitative estimate of drug-likeness (QED) is 0.0834. The van der Waals surface area contributed by atoms with E-state index < -0.39 is 24.3 Å². The molecule has 0 unspecified atom stereocenters. The summed E-state index contributed by atoms with van der Waals surface area (Å²) in [7, 11) is 2.59. The van der Waals surface area contributed by atoms with Gasteiger partial charge in [-0.15, -0.1) is 0 Å². The molecule has 0 spiro atoms. The molecule has 3 aromatic carbocycles. The minimum atomic E-state index is -0.700. The van der Waals surface area contributed by atoms with E-state index in [4.69, 9.17) is 19.4 Å². The monoisotopic (exact) mass is 919 g/mol. The lowest BCUT2D eigenvalue weighted by Gasteiger charge is -2.30. The summed E-state index contributed by atoms with van der Waals surface area (Å²) in [5.74, 6) is 1.58. The molecule has 4 atom stereocenters. The third-order valence-corrected chi connectivity index (χ3v) is 13.7. The van der Waals surface area contributed by atoms with E-state index in [1.165, 1.54) is 32.6 Å². The molecule has 5 heterocycles. The molecule has 15 nitrogen and oxygen atoms in total. The third-order valence-electron chi connectivity index (χ3n) is 13.7. The third kappa shape index (κ3) is 9.38. The largest absolute Gasteiger partial charge is 0.453 e. The van der Waals surface area contributed by atoms with Crippen molar-refractivity contribution in [1.29, 1.82) is 0 Å². The van der Waals surface area contributed by atoms with Crippen molar-refractivity contribution in [1.82, 2.24) is 44.9 Å². The normalized spacial score (nSPS) is 17.9. The number of alkyl carbamates (subject to hydrolysis) is 2. The van der Waals surface area contributed by atoms with Gasteiger partial charge in [-0.1, -0.05) is 88.4 Å². The predicted octanol–water partition coefficient (Wildman–Crippen LogP) is 9.56. The number of hydrogen-bond acceptors (Lipinski definition) is 8. The molecule has 68 heavy (non-hydrogen) atoms. The Morgan fingerprint density at radius 3 is 1.37 bits per heavy atom. The van der Waals surface area contributed by atoms with Crippen molar-refractivity contribution >= 4 is 24.0 Å². The summed E-state index contributed by atoms with van der Waals surface area (Å²) in [5.41, 5.74) is 10.3. The van der Waals surface area contributed by atoms with Crippen molar-refractivity contribution < 1.29 is 28.7 Å². The number of amides is 4. The molecule has 2 aliphatic heterocycles. The zero-order valence-electron chi connectivity index (χ0n) is 39.6. The molecule has 0 bridgehead atoms. The molecule has 4 N–H and O–H groups in total. The Morgan fingerprint density at radius 2 is 0.985 bits per heavy atom. The summed E-state index contributed by atoms with van der Waals surface area (Å²) >= 11 is 0. The Kier molecular flexibility index (Phi) is 13.2. The van der Waals surface area contributed by atoms with Crippen molar-refractivity contribution in [3.63, 3.8) is 0 Å². The summed E-state index contributed by atoms with van der Waals surface area (Å²) in [6, 6.07) is 28.4. The van der Waals surface area contributed by atoms with Crippen molar-refractivity contribution in [3.05, 3.63) is 115 Å². The highest BCUT2D eigenvalue weighted by atomic mass is 16.5. The van der Waals surface area contributed by atoms with E-state index in [-0.39, 0.29) is 35.7 Å². The van der Waals surface area contributed by atoms with Crippen molar-refractivity contribution in [2.45, 2.75) is 96.3 Å². The van der Waals surface area contributed by atoms with Gasteiger partial charge in [0.25, 0.3) is 0 Å². The van der Waals surface area contributed by atoms with Crippen LogP contribution in [0.25, 0.3) is 50.7 Å². The fourth-order valence-electron chi connectivity index (χ4n) is 9.81. The number of aromatic amines is 2. The van der Waals surface area contributed by atoms with Crippen LogP contribution in [-0.4, -0.2) is 97.7 Å². The maximum Gasteiger partial charge on any atom is 0.407 e. The number of imidazole rings is 2. The van der Waals surface area contributed by atoms with Crippen molar-refractivity contribution in [2.24, 2.45) is 11.8 Å². The van der Waals surface area contributed by atoms with Gasteiger partial charge in [0, 0.05) is 18.8 Å². The number of nitrogens with zero attached hydrogens (tertiary/aromatic N) is 5. The highest BCUT2D eigenvalue weighted by Crippen LogP contribution is 2.41. The molecular weight excluding hydrogens is 859 g/mol. The lowest BCUT2D eigenvalue weighted by Crippen LogP contribution is -2.51. The SMILES string of the molecule is COC(=O)N[C@H](C(=O)N1CCC[C@H]1c1ncc(-c2ccc(-c3ccc(-c4ccc(-c5cnc([C@@H]6CCCN6C(=O)[C@@H](NC(=O)OC)C(C)C)[nH]5)cc4)n3-c3ccc(C4CC4)cc3)cc2)[nH]1)C(C)C. The number of likely N-dealkylation sites (tertiary alicyclic amines) is 2. The van der Waals surface area contributed by atoms with E-state index in [0.717, 1.165) is 88.0 Å². The zero-order chi connectivity index (χ0) is 47.6. The summed E-state index contributed by atoms with van der Waals surface area (Å²) in [4.78, 5) is 71.8. The summed E-state index contributed by atoms with van der Waals surface area (Å²) in [6.07, 6.45) is 8.11. The predicted molar refractivity (Wildman–Crippen MR) is 259 cm³/mol. The van der Waals surface area contributed by atoms with Gasteiger partial charge < -0.3 is 44.4 Å². The second-order valence-corrected chi connectivity index (χ2v) is 18.9. The van der Waals surface area contributed by atoms with Crippen LogP contribution in [0.2, 0.25) is 0 Å². The minimum Gasteiger partial charge on any atom is -0.453 e. The highest BCUT2D eigenvalue weighted by Gasteiger charge is 2.39. The van der Waals surface area contributed by atoms with Gasteiger partial charge in [-0.2, -0.15) is 0 Å². The number of rotatable bonds is 14. The van der Waals surface area contributed by atoms with E-state index in [9.17, 15) is 19.2 Å². The van der Waals surface area contributed by atoms with E-state index >= 15 is 0 Å². The lowest BCUT2D eigenvalue weighted by atomic mass is 10.0.